The molecule has 19 heavy (non-hydrogen) atoms. The van der Waals surface area contributed by atoms with Crippen molar-refractivity contribution in [1.29, 1.82) is 0 Å². The summed E-state index contributed by atoms with van der Waals surface area (Å²) < 4.78 is 5.23. The van der Waals surface area contributed by atoms with Gasteiger partial charge in [0.2, 0.25) is 5.91 Å². The van der Waals surface area contributed by atoms with Crippen LogP contribution in [0, 0.1) is 0 Å². The zero-order valence-corrected chi connectivity index (χ0v) is 12.4. The molecule has 0 bridgehead atoms. The first-order chi connectivity index (χ1) is 9.10. The quantitative estimate of drug-likeness (QED) is 0.923. The van der Waals surface area contributed by atoms with Gasteiger partial charge >= 0.3 is 0 Å². The van der Waals surface area contributed by atoms with E-state index in [-0.39, 0.29) is 12.3 Å². The zero-order valence-electron chi connectivity index (χ0n) is 10.8. The van der Waals surface area contributed by atoms with Crippen LogP contribution in [-0.4, -0.2) is 19.1 Å². The Hall–Kier alpha value is -0.930. The highest BCUT2D eigenvalue weighted by atomic mass is 35.5. The van der Waals surface area contributed by atoms with E-state index < -0.39 is 0 Å². The van der Waals surface area contributed by atoms with Gasteiger partial charge in [-0.15, -0.1) is 0 Å². The molecule has 0 atom stereocenters. The largest absolute Gasteiger partial charge is 0.495 e. The highest BCUT2D eigenvalue weighted by Crippen LogP contribution is 2.32. The predicted octanol–water partition coefficient (Wildman–Crippen LogP) is 3.60. The summed E-state index contributed by atoms with van der Waals surface area (Å²) in [6.45, 7) is 0. The van der Waals surface area contributed by atoms with Crippen LogP contribution in [0.4, 0.5) is 0 Å². The molecule has 1 aliphatic rings. The Balaban J connectivity index is 2.07. The van der Waals surface area contributed by atoms with Crippen molar-refractivity contribution < 1.29 is 9.53 Å². The van der Waals surface area contributed by atoms with Gasteiger partial charge in [0.15, 0.2) is 0 Å². The minimum absolute atomic E-state index is 0.0106. The number of nitrogens with one attached hydrogen (secondary N) is 1. The molecule has 0 unspecified atom stereocenters. The molecule has 2 rings (SSSR count). The molecule has 0 aromatic heterocycles. The molecule has 0 spiro atoms. The van der Waals surface area contributed by atoms with Crippen LogP contribution < -0.4 is 10.1 Å². The van der Waals surface area contributed by atoms with Gasteiger partial charge in [0.1, 0.15) is 5.75 Å². The van der Waals surface area contributed by atoms with Crippen molar-refractivity contribution in [2.45, 2.75) is 38.1 Å². The molecular formula is C14H17Cl2NO2. The average Bonchev–Trinajstić information content (AvgIpc) is 2.81. The third-order valence-electron chi connectivity index (χ3n) is 3.36. The molecule has 1 aliphatic carbocycles. The van der Waals surface area contributed by atoms with Gasteiger partial charge < -0.3 is 10.1 Å². The normalized spacial score (nSPS) is 15.5. The van der Waals surface area contributed by atoms with Crippen LogP contribution >= 0.6 is 23.2 Å². The van der Waals surface area contributed by atoms with E-state index in [9.17, 15) is 4.79 Å². The van der Waals surface area contributed by atoms with Crippen LogP contribution in [0.15, 0.2) is 12.1 Å². The Kier molecular flexibility index (Phi) is 4.94. The molecule has 3 nitrogen and oxygen atoms in total. The van der Waals surface area contributed by atoms with Gasteiger partial charge in [-0.25, -0.2) is 0 Å². The number of ether oxygens (including phenoxy) is 1. The monoisotopic (exact) mass is 301 g/mol. The molecule has 1 amide bonds. The van der Waals surface area contributed by atoms with Crippen molar-refractivity contribution in [1.82, 2.24) is 5.32 Å². The first-order valence-corrected chi connectivity index (χ1v) is 7.17. The van der Waals surface area contributed by atoms with Gasteiger partial charge in [0.25, 0.3) is 0 Å². The molecule has 0 radical (unpaired) electrons. The number of benzene rings is 1. The summed E-state index contributed by atoms with van der Waals surface area (Å²) in [7, 11) is 1.54. The Labute approximate surface area is 123 Å². The van der Waals surface area contributed by atoms with Crippen molar-refractivity contribution in [2.75, 3.05) is 7.11 Å². The molecule has 1 aromatic carbocycles. The molecule has 5 heteroatoms. The van der Waals surface area contributed by atoms with E-state index >= 15 is 0 Å². The van der Waals surface area contributed by atoms with Crippen molar-refractivity contribution in [3.63, 3.8) is 0 Å². The van der Waals surface area contributed by atoms with E-state index in [1.807, 2.05) is 0 Å². The summed E-state index contributed by atoms with van der Waals surface area (Å²) >= 11 is 12.0. The van der Waals surface area contributed by atoms with E-state index in [2.05, 4.69) is 5.32 Å². The summed E-state index contributed by atoms with van der Waals surface area (Å²) in [5.74, 6) is 0.510. The minimum Gasteiger partial charge on any atom is -0.495 e. The van der Waals surface area contributed by atoms with E-state index in [4.69, 9.17) is 27.9 Å². The molecule has 1 saturated carbocycles. The lowest BCUT2D eigenvalue weighted by Crippen LogP contribution is -2.33. The van der Waals surface area contributed by atoms with Gasteiger partial charge in [-0.3, -0.25) is 4.79 Å². The molecular weight excluding hydrogens is 285 g/mol. The van der Waals surface area contributed by atoms with Crippen LogP contribution in [0.2, 0.25) is 10.0 Å². The molecule has 0 aliphatic heterocycles. The maximum Gasteiger partial charge on any atom is 0.224 e. The first-order valence-electron chi connectivity index (χ1n) is 6.41. The summed E-state index contributed by atoms with van der Waals surface area (Å²) in [5, 5.41) is 3.98. The number of hydrogen-bond acceptors (Lipinski definition) is 2. The molecule has 1 fully saturated rings. The zero-order chi connectivity index (χ0) is 13.8. The van der Waals surface area contributed by atoms with Crippen LogP contribution in [0.25, 0.3) is 0 Å². The third-order valence-corrected chi connectivity index (χ3v) is 3.86. The predicted molar refractivity (Wildman–Crippen MR) is 77.1 cm³/mol. The van der Waals surface area contributed by atoms with Gasteiger partial charge in [0.05, 0.1) is 18.6 Å². The van der Waals surface area contributed by atoms with Gasteiger partial charge in [-0.1, -0.05) is 36.0 Å². The maximum absolute atomic E-state index is 12.0. The van der Waals surface area contributed by atoms with Crippen molar-refractivity contribution in [3.05, 3.63) is 27.7 Å². The number of methoxy groups -OCH3 is 1. The SMILES string of the molecule is COc1c(Cl)cc(Cl)cc1CC(=O)NC1CCCC1. The van der Waals surface area contributed by atoms with E-state index in [0.29, 0.717) is 21.8 Å². The van der Waals surface area contributed by atoms with Crippen LogP contribution in [0.1, 0.15) is 31.2 Å². The number of halogens is 2. The Bertz CT molecular complexity index is 471. The lowest BCUT2D eigenvalue weighted by Gasteiger charge is -2.14. The van der Waals surface area contributed by atoms with Crippen LogP contribution in [0.3, 0.4) is 0 Å². The lowest BCUT2D eigenvalue weighted by atomic mass is 10.1. The minimum atomic E-state index is -0.0106. The van der Waals surface area contributed by atoms with Gasteiger partial charge in [-0.2, -0.15) is 0 Å². The van der Waals surface area contributed by atoms with Gasteiger partial charge in [-0.05, 0) is 25.0 Å². The fraction of sp³-hybridized carbons (Fsp3) is 0.500. The van der Waals surface area contributed by atoms with Crippen LogP contribution in [-0.2, 0) is 11.2 Å². The highest BCUT2D eigenvalue weighted by molar-refractivity contribution is 6.35. The Morgan fingerprint density at radius 3 is 2.68 bits per heavy atom. The molecule has 1 aromatic rings. The highest BCUT2D eigenvalue weighted by Gasteiger charge is 2.19. The lowest BCUT2D eigenvalue weighted by molar-refractivity contribution is -0.121. The van der Waals surface area contributed by atoms with E-state index in [0.717, 1.165) is 18.4 Å². The fourth-order valence-electron chi connectivity index (χ4n) is 2.50. The molecule has 1 N–H and O–H groups in total. The van der Waals surface area contributed by atoms with Crippen molar-refractivity contribution in [2.24, 2.45) is 0 Å². The first kappa shape index (κ1) is 14.5. The fourth-order valence-corrected chi connectivity index (χ4v) is 3.11. The average molecular weight is 302 g/mol. The number of rotatable bonds is 4. The molecule has 104 valence electrons. The Morgan fingerprint density at radius 2 is 2.05 bits per heavy atom. The topological polar surface area (TPSA) is 38.3 Å². The Morgan fingerprint density at radius 1 is 1.37 bits per heavy atom. The summed E-state index contributed by atoms with van der Waals surface area (Å²) in [4.78, 5) is 12.0. The van der Waals surface area contributed by atoms with Crippen LogP contribution in [0.5, 0.6) is 5.75 Å². The number of carbonyl (C=O) groups is 1. The van der Waals surface area contributed by atoms with E-state index in [1.54, 1.807) is 12.1 Å². The smallest absolute Gasteiger partial charge is 0.224 e. The second kappa shape index (κ2) is 6.49. The number of amides is 1. The number of carbonyl (C=O) groups excluding carboxylic acids is 1. The standard InChI is InChI=1S/C14H17Cl2NO2/c1-19-14-9(6-10(15)8-12(14)16)7-13(18)17-11-4-2-3-5-11/h6,8,11H,2-5,7H2,1H3,(H,17,18). The van der Waals surface area contributed by atoms with Gasteiger partial charge in [0, 0.05) is 16.6 Å². The molecule has 0 saturated heterocycles. The summed E-state index contributed by atoms with van der Waals surface area (Å²) in [6, 6.07) is 3.65. The van der Waals surface area contributed by atoms with Crippen molar-refractivity contribution in [3.8, 4) is 5.75 Å². The van der Waals surface area contributed by atoms with Crippen molar-refractivity contribution >= 4 is 29.1 Å². The second-order valence-electron chi connectivity index (χ2n) is 4.81. The summed E-state index contributed by atoms with van der Waals surface area (Å²) in [6.07, 6.45) is 4.76. The second-order valence-corrected chi connectivity index (χ2v) is 5.65. The summed E-state index contributed by atoms with van der Waals surface area (Å²) in [5.41, 5.74) is 0.718. The third kappa shape index (κ3) is 3.77. The maximum atomic E-state index is 12.0. The van der Waals surface area contributed by atoms with E-state index in [1.165, 1.54) is 20.0 Å². The molecule has 0 heterocycles. The number of hydrogen-bond donors (Lipinski definition) is 1.